The molecule has 2 nitrogen and oxygen atoms in total. The summed E-state index contributed by atoms with van der Waals surface area (Å²) < 4.78 is 5.03. The minimum Gasteiger partial charge on any atom is -0.465 e. The first-order valence-electron chi connectivity index (χ1n) is 5.83. The van der Waals surface area contributed by atoms with Crippen molar-refractivity contribution in [2.45, 2.75) is 58.5 Å². The lowest BCUT2D eigenvalue weighted by atomic mass is 9.83. The van der Waals surface area contributed by atoms with Gasteiger partial charge in [0.05, 0.1) is 0 Å². The van der Waals surface area contributed by atoms with Gasteiger partial charge in [-0.2, -0.15) is 0 Å². The Kier molecular flexibility index (Phi) is 4.99. The zero-order valence-corrected chi connectivity index (χ0v) is 9.37. The van der Waals surface area contributed by atoms with Gasteiger partial charge in [-0.1, -0.05) is 26.7 Å². The fraction of sp³-hybridized carbons (Fsp3) is 0.917. The van der Waals surface area contributed by atoms with Crippen LogP contribution in [-0.2, 0) is 9.53 Å². The highest BCUT2D eigenvalue weighted by Crippen LogP contribution is 2.28. The average molecular weight is 198 g/mol. The van der Waals surface area contributed by atoms with Gasteiger partial charge in [0.25, 0.3) is 6.47 Å². The Balaban J connectivity index is 2.31. The Morgan fingerprint density at radius 1 is 1.14 bits per heavy atom. The van der Waals surface area contributed by atoms with Crippen molar-refractivity contribution in [1.29, 1.82) is 0 Å². The van der Waals surface area contributed by atoms with E-state index >= 15 is 0 Å². The monoisotopic (exact) mass is 198 g/mol. The number of rotatable bonds is 3. The third-order valence-corrected chi connectivity index (χ3v) is 3.39. The van der Waals surface area contributed by atoms with Crippen LogP contribution in [0.2, 0.25) is 0 Å². The fourth-order valence-electron chi connectivity index (χ4n) is 2.39. The molecule has 1 fully saturated rings. The average Bonchev–Trinajstić information content (AvgIpc) is 2.08. The van der Waals surface area contributed by atoms with Crippen molar-refractivity contribution in [3.8, 4) is 0 Å². The van der Waals surface area contributed by atoms with Crippen LogP contribution in [0, 0.1) is 11.8 Å². The van der Waals surface area contributed by atoms with E-state index in [9.17, 15) is 4.79 Å². The minimum absolute atomic E-state index is 0.195. The fourth-order valence-corrected chi connectivity index (χ4v) is 2.39. The number of hydrogen-bond donors (Lipinski definition) is 0. The lowest BCUT2D eigenvalue weighted by Gasteiger charge is -2.25. The van der Waals surface area contributed by atoms with Gasteiger partial charge in [0, 0.05) is 0 Å². The van der Waals surface area contributed by atoms with Crippen LogP contribution in [0.1, 0.15) is 52.4 Å². The zero-order valence-electron chi connectivity index (χ0n) is 9.37. The highest BCUT2D eigenvalue weighted by molar-refractivity contribution is 5.37. The molecule has 0 aromatic carbocycles. The van der Waals surface area contributed by atoms with E-state index in [0.29, 0.717) is 6.47 Å². The largest absolute Gasteiger partial charge is 0.465 e. The van der Waals surface area contributed by atoms with Crippen molar-refractivity contribution < 1.29 is 9.53 Å². The molecule has 1 aliphatic rings. The van der Waals surface area contributed by atoms with Crippen molar-refractivity contribution in [3.05, 3.63) is 0 Å². The lowest BCUT2D eigenvalue weighted by Crippen LogP contribution is -2.18. The van der Waals surface area contributed by atoms with Gasteiger partial charge in [0.15, 0.2) is 0 Å². The summed E-state index contributed by atoms with van der Waals surface area (Å²) in [5.74, 6) is 1.69. The Morgan fingerprint density at radius 2 is 1.71 bits per heavy atom. The first kappa shape index (κ1) is 11.5. The summed E-state index contributed by atoms with van der Waals surface area (Å²) in [4.78, 5) is 10.2. The van der Waals surface area contributed by atoms with Crippen LogP contribution in [0.3, 0.4) is 0 Å². The Bertz CT molecular complexity index is 156. The molecular weight excluding hydrogens is 176 g/mol. The molecule has 0 heterocycles. The summed E-state index contributed by atoms with van der Waals surface area (Å²) in [5, 5.41) is 0. The van der Waals surface area contributed by atoms with E-state index in [1.165, 1.54) is 25.7 Å². The molecule has 0 aromatic rings. The molecule has 0 unspecified atom stereocenters. The zero-order chi connectivity index (χ0) is 10.4. The summed E-state index contributed by atoms with van der Waals surface area (Å²) >= 11 is 0. The second-order valence-electron chi connectivity index (χ2n) is 4.72. The molecular formula is C12H22O2. The van der Waals surface area contributed by atoms with E-state index in [-0.39, 0.29) is 6.10 Å². The molecule has 0 spiro atoms. The van der Waals surface area contributed by atoms with Crippen LogP contribution >= 0.6 is 0 Å². The van der Waals surface area contributed by atoms with E-state index < -0.39 is 0 Å². The van der Waals surface area contributed by atoms with E-state index in [2.05, 4.69) is 13.8 Å². The number of ether oxygens (including phenoxy) is 1. The van der Waals surface area contributed by atoms with Gasteiger partial charge in [-0.3, -0.25) is 4.79 Å². The van der Waals surface area contributed by atoms with Crippen LogP contribution < -0.4 is 0 Å². The van der Waals surface area contributed by atoms with Crippen LogP contribution in [0.4, 0.5) is 0 Å². The van der Waals surface area contributed by atoms with Gasteiger partial charge in [0.2, 0.25) is 0 Å². The molecule has 1 rings (SSSR count). The quantitative estimate of drug-likeness (QED) is 0.651. The van der Waals surface area contributed by atoms with Crippen LogP contribution in [0.25, 0.3) is 0 Å². The molecule has 0 amide bonds. The maximum atomic E-state index is 10.2. The highest BCUT2D eigenvalue weighted by Gasteiger charge is 2.19. The molecule has 0 bridgehead atoms. The molecule has 0 aliphatic heterocycles. The molecule has 14 heavy (non-hydrogen) atoms. The summed E-state index contributed by atoms with van der Waals surface area (Å²) in [7, 11) is 0. The molecule has 0 saturated heterocycles. The summed E-state index contributed by atoms with van der Waals surface area (Å²) in [6.07, 6.45) is 7.33. The standard InChI is InChI=1S/C12H22O2/c1-10(2)11-5-3-7-12(14-9-13)8-4-6-11/h9-12H,3-8H2,1-2H3. The van der Waals surface area contributed by atoms with Gasteiger partial charge in [0.1, 0.15) is 6.10 Å². The Hall–Kier alpha value is -0.530. The van der Waals surface area contributed by atoms with Crippen LogP contribution in [0.5, 0.6) is 0 Å². The van der Waals surface area contributed by atoms with Crippen LogP contribution in [-0.4, -0.2) is 12.6 Å². The first-order chi connectivity index (χ1) is 6.74. The maximum Gasteiger partial charge on any atom is 0.293 e. The van der Waals surface area contributed by atoms with E-state index in [4.69, 9.17) is 4.74 Å². The molecule has 82 valence electrons. The summed E-state index contributed by atoms with van der Waals surface area (Å²) in [6, 6.07) is 0. The van der Waals surface area contributed by atoms with Gasteiger partial charge >= 0.3 is 0 Å². The molecule has 1 aliphatic carbocycles. The third kappa shape index (κ3) is 3.69. The number of carbonyl (C=O) groups is 1. The van der Waals surface area contributed by atoms with Crippen molar-refractivity contribution >= 4 is 6.47 Å². The summed E-state index contributed by atoms with van der Waals surface area (Å²) in [6.45, 7) is 5.23. The summed E-state index contributed by atoms with van der Waals surface area (Å²) in [5.41, 5.74) is 0. The normalized spacial score (nSPS) is 29.4. The maximum absolute atomic E-state index is 10.2. The number of hydrogen-bond acceptors (Lipinski definition) is 2. The predicted octanol–water partition coefficient (Wildman–Crippen LogP) is 3.15. The first-order valence-corrected chi connectivity index (χ1v) is 5.83. The Labute approximate surface area is 87.0 Å². The molecule has 1 saturated carbocycles. The van der Waals surface area contributed by atoms with E-state index in [1.807, 2.05) is 0 Å². The molecule has 2 heteroatoms. The Morgan fingerprint density at radius 3 is 2.14 bits per heavy atom. The van der Waals surface area contributed by atoms with E-state index in [1.54, 1.807) is 0 Å². The second kappa shape index (κ2) is 6.05. The van der Waals surface area contributed by atoms with Gasteiger partial charge in [-0.15, -0.1) is 0 Å². The highest BCUT2D eigenvalue weighted by atomic mass is 16.5. The van der Waals surface area contributed by atoms with Crippen molar-refractivity contribution in [2.24, 2.45) is 11.8 Å². The van der Waals surface area contributed by atoms with Crippen molar-refractivity contribution in [1.82, 2.24) is 0 Å². The minimum atomic E-state index is 0.195. The van der Waals surface area contributed by atoms with Crippen molar-refractivity contribution in [3.63, 3.8) is 0 Å². The van der Waals surface area contributed by atoms with E-state index in [0.717, 1.165) is 24.7 Å². The molecule has 0 atom stereocenters. The van der Waals surface area contributed by atoms with Crippen molar-refractivity contribution in [2.75, 3.05) is 0 Å². The third-order valence-electron chi connectivity index (χ3n) is 3.39. The second-order valence-corrected chi connectivity index (χ2v) is 4.72. The van der Waals surface area contributed by atoms with Gasteiger partial charge in [-0.25, -0.2) is 0 Å². The smallest absolute Gasteiger partial charge is 0.293 e. The lowest BCUT2D eigenvalue weighted by molar-refractivity contribution is -0.134. The predicted molar refractivity (Wildman–Crippen MR) is 57.0 cm³/mol. The van der Waals surface area contributed by atoms with Crippen LogP contribution in [0.15, 0.2) is 0 Å². The molecule has 0 radical (unpaired) electrons. The molecule has 0 aromatic heterocycles. The number of carbonyl (C=O) groups excluding carboxylic acids is 1. The molecule has 0 N–H and O–H groups in total. The topological polar surface area (TPSA) is 26.3 Å². The SMILES string of the molecule is CC(C)C1CCCC(OC=O)CCC1. The van der Waals surface area contributed by atoms with Gasteiger partial charge < -0.3 is 4.74 Å². The van der Waals surface area contributed by atoms with Gasteiger partial charge in [-0.05, 0) is 37.5 Å².